The molecule has 3 heteroatoms. The second-order valence-corrected chi connectivity index (χ2v) is 4.28. The van der Waals surface area contributed by atoms with Crippen molar-refractivity contribution < 1.29 is 9.84 Å². The van der Waals surface area contributed by atoms with Gasteiger partial charge in [-0.2, -0.15) is 0 Å². The molecular weight excluding hydrogens is 202 g/mol. The zero-order valence-electron chi connectivity index (χ0n) is 10.8. The Bertz CT molecular complexity index is 303. The fourth-order valence-corrected chi connectivity index (χ4v) is 1.17. The van der Waals surface area contributed by atoms with E-state index in [2.05, 4.69) is 0 Å². The molecule has 0 atom stereocenters. The number of hydrogen-bond acceptors (Lipinski definition) is 3. The van der Waals surface area contributed by atoms with Crippen LogP contribution in [0, 0.1) is 6.92 Å². The number of aromatic hydroxyl groups is 1. The maximum atomic E-state index is 9.02. The van der Waals surface area contributed by atoms with E-state index in [1.807, 2.05) is 34.6 Å². The summed E-state index contributed by atoms with van der Waals surface area (Å²) >= 11 is 0. The van der Waals surface area contributed by atoms with Gasteiger partial charge in [0.1, 0.15) is 5.75 Å². The summed E-state index contributed by atoms with van der Waals surface area (Å²) < 4.78 is 5.25. The number of nitrogen functional groups attached to an aromatic ring is 1. The van der Waals surface area contributed by atoms with Gasteiger partial charge in [0.05, 0.1) is 12.2 Å². The quantitative estimate of drug-likeness (QED) is 0.760. The van der Waals surface area contributed by atoms with E-state index >= 15 is 0 Å². The number of phenolic OH excluding ortho intramolecular Hbond substituents is 1. The Morgan fingerprint density at radius 3 is 1.88 bits per heavy atom. The predicted molar refractivity (Wildman–Crippen MR) is 68.6 cm³/mol. The minimum absolute atomic E-state index is 0.259. The zero-order chi connectivity index (χ0) is 12.7. The Morgan fingerprint density at radius 1 is 1.12 bits per heavy atom. The van der Waals surface area contributed by atoms with Crippen molar-refractivity contribution in [1.29, 1.82) is 0 Å². The van der Waals surface area contributed by atoms with Crippen LogP contribution in [0.25, 0.3) is 0 Å². The molecular formula is C13H23NO2. The van der Waals surface area contributed by atoms with Crippen LogP contribution in [0.2, 0.25) is 0 Å². The van der Waals surface area contributed by atoms with Crippen LogP contribution in [0.1, 0.15) is 33.3 Å². The van der Waals surface area contributed by atoms with Gasteiger partial charge >= 0.3 is 0 Å². The van der Waals surface area contributed by atoms with E-state index < -0.39 is 0 Å². The molecule has 16 heavy (non-hydrogen) atoms. The molecule has 0 aliphatic rings. The fraction of sp³-hybridized carbons (Fsp3) is 0.538. The molecule has 0 saturated carbocycles. The van der Waals surface area contributed by atoms with Crippen molar-refractivity contribution in [3.8, 4) is 5.75 Å². The molecule has 0 amide bonds. The summed E-state index contributed by atoms with van der Waals surface area (Å²) in [5.41, 5.74) is 6.81. The van der Waals surface area contributed by atoms with Gasteiger partial charge in [0.25, 0.3) is 0 Å². The van der Waals surface area contributed by atoms with E-state index in [4.69, 9.17) is 15.6 Å². The molecule has 0 aliphatic heterocycles. The molecule has 0 heterocycles. The summed E-state index contributed by atoms with van der Waals surface area (Å²) in [6.45, 7) is 9.99. The SMILES string of the molecule is CC(C)OC(C)C.Cc1ccc(N)cc1O. The lowest BCUT2D eigenvalue weighted by Gasteiger charge is -2.09. The third-order valence-electron chi connectivity index (χ3n) is 1.78. The molecule has 0 bridgehead atoms. The maximum absolute atomic E-state index is 9.02. The lowest BCUT2D eigenvalue weighted by atomic mass is 10.2. The van der Waals surface area contributed by atoms with Gasteiger partial charge in [0.2, 0.25) is 0 Å². The average molecular weight is 225 g/mol. The van der Waals surface area contributed by atoms with E-state index in [1.165, 1.54) is 6.07 Å². The lowest BCUT2D eigenvalue weighted by Crippen LogP contribution is -2.09. The molecule has 0 aromatic heterocycles. The van der Waals surface area contributed by atoms with Gasteiger partial charge in [-0.25, -0.2) is 0 Å². The topological polar surface area (TPSA) is 55.5 Å². The molecule has 1 aromatic rings. The summed E-state index contributed by atoms with van der Waals surface area (Å²) in [6, 6.07) is 5.08. The van der Waals surface area contributed by atoms with Crippen molar-refractivity contribution in [3.63, 3.8) is 0 Å². The van der Waals surface area contributed by atoms with E-state index in [9.17, 15) is 0 Å². The first-order chi connectivity index (χ1) is 7.32. The highest BCUT2D eigenvalue weighted by atomic mass is 16.5. The molecule has 3 N–H and O–H groups in total. The number of ether oxygens (including phenoxy) is 1. The highest BCUT2D eigenvalue weighted by Crippen LogP contribution is 2.17. The predicted octanol–water partition coefficient (Wildman–Crippen LogP) is 3.10. The van der Waals surface area contributed by atoms with Crippen molar-refractivity contribution in [2.75, 3.05) is 5.73 Å². The molecule has 0 saturated heterocycles. The van der Waals surface area contributed by atoms with Gasteiger partial charge < -0.3 is 15.6 Å². The third-order valence-corrected chi connectivity index (χ3v) is 1.78. The van der Waals surface area contributed by atoms with Crippen molar-refractivity contribution in [1.82, 2.24) is 0 Å². The Morgan fingerprint density at radius 2 is 1.62 bits per heavy atom. The summed E-state index contributed by atoms with van der Waals surface area (Å²) in [6.07, 6.45) is 0.750. The van der Waals surface area contributed by atoms with Crippen LogP contribution < -0.4 is 5.73 Å². The summed E-state index contributed by atoms with van der Waals surface area (Å²) in [5.74, 6) is 0.259. The molecule has 0 unspecified atom stereocenters. The van der Waals surface area contributed by atoms with Gasteiger partial charge in [-0.3, -0.25) is 0 Å². The van der Waals surface area contributed by atoms with Gasteiger partial charge in [-0.05, 0) is 46.2 Å². The second kappa shape index (κ2) is 7.12. The molecule has 1 aromatic carbocycles. The van der Waals surface area contributed by atoms with Crippen molar-refractivity contribution >= 4 is 5.69 Å². The van der Waals surface area contributed by atoms with E-state index in [1.54, 1.807) is 12.1 Å². The minimum atomic E-state index is 0.259. The van der Waals surface area contributed by atoms with Crippen molar-refractivity contribution in [3.05, 3.63) is 23.8 Å². The first-order valence-electron chi connectivity index (χ1n) is 5.53. The van der Waals surface area contributed by atoms with Crippen LogP contribution in [-0.2, 0) is 4.74 Å². The van der Waals surface area contributed by atoms with Crippen molar-refractivity contribution in [2.24, 2.45) is 0 Å². The normalized spacial score (nSPS) is 10.2. The molecule has 0 aliphatic carbocycles. The van der Waals surface area contributed by atoms with Crippen LogP contribution in [0.15, 0.2) is 18.2 Å². The van der Waals surface area contributed by atoms with Gasteiger partial charge in [0.15, 0.2) is 0 Å². The molecule has 0 fully saturated rings. The number of hydrogen-bond donors (Lipinski definition) is 2. The first-order valence-corrected chi connectivity index (χ1v) is 5.53. The standard InChI is InChI=1S/C7H9NO.C6H14O/c1-5-2-3-6(8)4-7(5)9;1-5(2)7-6(3)4/h2-4,9H,8H2,1H3;5-6H,1-4H3. The van der Waals surface area contributed by atoms with Crippen LogP contribution >= 0.6 is 0 Å². The maximum Gasteiger partial charge on any atom is 0.120 e. The summed E-state index contributed by atoms with van der Waals surface area (Å²) in [4.78, 5) is 0. The van der Waals surface area contributed by atoms with Crippen LogP contribution in [0.3, 0.4) is 0 Å². The number of benzene rings is 1. The summed E-state index contributed by atoms with van der Waals surface area (Å²) in [7, 11) is 0. The first kappa shape index (κ1) is 14.8. The van der Waals surface area contributed by atoms with Crippen LogP contribution in [-0.4, -0.2) is 17.3 Å². The van der Waals surface area contributed by atoms with Crippen LogP contribution in [0.5, 0.6) is 5.75 Å². The molecule has 0 radical (unpaired) electrons. The number of aryl methyl sites for hydroxylation is 1. The van der Waals surface area contributed by atoms with Gasteiger partial charge in [0, 0.05) is 11.8 Å². The smallest absolute Gasteiger partial charge is 0.120 e. The van der Waals surface area contributed by atoms with E-state index in [0.29, 0.717) is 17.9 Å². The Labute approximate surface area is 98.2 Å². The number of rotatable bonds is 2. The van der Waals surface area contributed by atoms with Gasteiger partial charge in [-0.15, -0.1) is 0 Å². The fourth-order valence-electron chi connectivity index (χ4n) is 1.17. The average Bonchev–Trinajstić information content (AvgIpc) is 2.10. The largest absolute Gasteiger partial charge is 0.508 e. The molecule has 1 rings (SSSR count). The highest BCUT2D eigenvalue weighted by molar-refractivity contribution is 5.47. The lowest BCUT2D eigenvalue weighted by molar-refractivity contribution is 0.0300. The number of nitrogens with two attached hydrogens (primary N) is 1. The van der Waals surface area contributed by atoms with E-state index in [-0.39, 0.29) is 5.75 Å². The van der Waals surface area contributed by atoms with E-state index in [0.717, 1.165) is 5.56 Å². The third kappa shape index (κ3) is 7.12. The Kier molecular flexibility index (Phi) is 6.58. The molecule has 0 spiro atoms. The van der Waals surface area contributed by atoms with Gasteiger partial charge in [-0.1, -0.05) is 6.07 Å². The van der Waals surface area contributed by atoms with Crippen molar-refractivity contribution in [2.45, 2.75) is 46.8 Å². The Hall–Kier alpha value is -1.22. The molecule has 92 valence electrons. The summed E-state index contributed by atoms with van der Waals surface area (Å²) in [5, 5.41) is 9.02. The second-order valence-electron chi connectivity index (χ2n) is 4.28. The Balaban J connectivity index is 0.000000293. The zero-order valence-corrected chi connectivity index (χ0v) is 10.8. The monoisotopic (exact) mass is 225 g/mol. The highest BCUT2D eigenvalue weighted by Gasteiger charge is 1.94. The number of anilines is 1. The number of phenols is 1. The minimum Gasteiger partial charge on any atom is -0.508 e. The molecule has 3 nitrogen and oxygen atoms in total. The van der Waals surface area contributed by atoms with Crippen LogP contribution in [0.4, 0.5) is 5.69 Å².